The van der Waals surface area contributed by atoms with Crippen LogP contribution in [0.15, 0.2) is 30.9 Å². The average molecular weight is 320 g/mol. The van der Waals surface area contributed by atoms with Gasteiger partial charge in [-0.2, -0.15) is 0 Å². The molecule has 23 heavy (non-hydrogen) atoms. The molecule has 0 spiro atoms. The molecule has 0 aliphatic rings. The van der Waals surface area contributed by atoms with E-state index < -0.39 is 6.10 Å². The topological polar surface area (TPSA) is 61.8 Å². The minimum absolute atomic E-state index is 0.231. The van der Waals surface area contributed by atoms with Crippen molar-refractivity contribution in [2.24, 2.45) is 11.8 Å². The maximum Gasteiger partial charge on any atom is 0.313 e. The fourth-order valence-electron chi connectivity index (χ4n) is 1.69. The second kappa shape index (κ2) is 8.36. The van der Waals surface area contributed by atoms with Gasteiger partial charge >= 0.3 is 11.9 Å². The second-order valence-corrected chi connectivity index (χ2v) is 5.73. The molecular formula is C18H24O5. The van der Waals surface area contributed by atoms with Gasteiger partial charge in [0.05, 0.1) is 18.9 Å². The molecule has 126 valence electrons. The molecule has 0 saturated carbocycles. The molecule has 0 aliphatic heterocycles. The van der Waals surface area contributed by atoms with Crippen LogP contribution in [0, 0.1) is 11.8 Å². The number of carbonyl (C=O) groups excluding carboxylic acids is 2. The van der Waals surface area contributed by atoms with E-state index in [9.17, 15) is 9.59 Å². The first-order valence-corrected chi connectivity index (χ1v) is 7.52. The Kier molecular flexibility index (Phi) is 6.82. The number of carbonyl (C=O) groups is 2. The lowest BCUT2D eigenvalue weighted by atomic mass is 10.1. The Hall–Kier alpha value is -2.30. The summed E-state index contributed by atoms with van der Waals surface area (Å²) in [4.78, 5) is 23.5. The van der Waals surface area contributed by atoms with Crippen LogP contribution in [0.25, 0.3) is 0 Å². The Morgan fingerprint density at radius 3 is 2.13 bits per heavy atom. The van der Waals surface area contributed by atoms with Gasteiger partial charge in [-0.3, -0.25) is 9.59 Å². The highest BCUT2D eigenvalue weighted by molar-refractivity contribution is 5.75. The van der Waals surface area contributed by atoms with Crippen LogP contribution in [-0.2, 0) is 14.3 Å². The second-order valence-electron chi connectivity index (χ2n) is 5.73. The smallest absolute Gasteiger partial charge is 0.313 e. The van der Waals surface area contributed by atoms with Crippen molar-refractivity contribution in [1.82, 2.24) is 0 Å². The van der Waals surface area contributed by atoms with Gasteiger partial charge in [0.25, 0.3) is 0 Å². The zero-order valence-corrected chi connectivity index (χ0v) is 14.3. The summed E-state index contributed by atoms with van der Waals surface area (Å²) in [5, 5.41) is 0. The highest BCUT2D eigenvalue weighted by atomic mass is 16.6. The number of hydrogen-bond donors (Lipinski definition) is 0. The minimum atomic E-state index is -0.589. The highest BCUT2D eigenvalue weighted by Crippen LogP contribution is 2.32. The van der Waals surface area contributed by atoms with Gasteiger partial charge < -0.3 is 14.2 Å². The van der Waals surface area contributed by atoms with Crippen molar-refractivity contribution in [1.29, 1.82) is 0 Å². The van der Waals surface area contributed by atoms with Gasteiger partial charge in [0.15, 0.2) is 11.5 Å². The Morgan fingerprint density at radius 2 is 1.65 bits per heavy atom. The third-order valence-corrected chi connectivity index (χ3v) is 3.13. The molecule has 0 heterocycles. The summed E-state index contributed by atoms with van der Waals surface area (Å²) in [6.07, 6.45) is 0.947. The van der Waals surface area contributed by atoms with Crippen LogP contribution in [0.3, 0.4) is 0 Å². The van der Waals surface area contributed by atoms with E-state index in [4.69, 9.17) is 14.2 Å². The van der Waals surface area contributed by atoms with Gasteiger partial charge in [-0.05, 0) is 18.2 Å². The molecule has 1 rings (SSSR count). The van der Waals surface area contributed by atoms with E-state index >= 15 is 0 Å². The first kappa shape index (κ1) is 18.7. The quantitative estimate of drug-likeness (QED) is 0.436. The molecule has 1 aromatic rings. The average Bonchev–Trinajstić information content (AvgIpc) is 2.52. The number of hydrogen-bond acceptors (Lipinski definition) is 5. The van der Waals surface area contributed by atoms with Crippen molar-refractivity contribution >= 4 is 11.9 Å². The minimum Gasteiger partial charge on any atom is -0.493 e. The Bertz CT molecular complexity index is 575. The lowest BCUT2D eigenvalue weighted by Gasteiger charge is -2.18. The SMILES string of the molecule is C=C[C@@H](OC(=O)C(C)C)c1ccc(OC(=O)C(C)C)c(OC)c1. The molecule has 0 radical (unpaired) electrons. The van der Waals surface area contributed by atoms with Gasteiger partial charge in [-0.1, -0.05) is 40.3 Å². The monoisotopic (exact) mass is 320 g/mol. The van der Waals surface area contributed by atoms with Crippen LogP contribution in [0.1, 0.15) is 39.4 Å². The Labute approximate surface area is 137 Å². The summed E-state index contributed by atoms with van der Waals surface area (Å²) in [6, 6.07) is 5.00. The van der Waals surface area contributed by atoms with E-state index in [-0.39, 0.29) is 23.8 Å². The largest absolute Gasteiger partial charge is 0.493 e. The van der Waals surface area contributed by atoms with E-state index in [0.717, 1.165) is 0 Å². The zero-order valence-electron chi connectivity index (χ0n) is 14.3. The molecule has 0 aliphatic carbocycles. The predicted molar refractivity (Wildman–Crippen MR) is 87.3 cm³/mol. The van der Waals surface area contributed by atoms with E-state index in [0.29, 0.717) is 17.1 Å². The van der Waals surface area contributed by atoms with Gasteiger partial charge in [0.2, 0.25) is 0 Å². The van der Waals surface area contributed by atoms with Crippen molar-refractivity contribution in [3.05, 3.63) is 36.4 Å². The molecule has 0 bridgehead atoms. The maximum absolute atomic E-state index is 11.8. The molecular weight excluding hydrogens is 296 g/mol. The van der Waals surface area contributed by atoms with E-state index in [1.165, 1.54) is 13.2 Å². The highest BCUT2D eigenvalue weighted by Gasteiger charge is 2.19. The number of esters is 2. The van der Waals surface area contributed by atoms with Crippen LogP contribution >= 0.6 is 0 Å². The van der Waals surface area contributed by atoms with Crippen LogP contribution in [-0.4, -0.2) is 19.0 Å². The zero-order chi connectivity index (χ0) is 17.6. The van der Waals surface area contributed by atoms with E-state index in [2.05, 4.69) is 6.58 Å². The van der Waals surface area contributed by atoms with Crippen molar-refractivity contribution in [2.45, 2.75) is 33.8 Å². The lowest BCUT2D eigenvalue weighted by molar-refractivity contribution is -0.151. The normalized spacial score (nSPS) is 12.0. The fraction of sp³-hybridized carbons (Fsp3) is 0.444. The van der Waals surface area contributed by atoms with Crippen molar-refractivity contribution in [3.63, 3.8) is 0 Å². The summed E-state index contributed by atoms with van der Waals surface area (Å²) < 4.78 is 15.9. The predicted octanol–water partition coefficient (Wildman–Crippen LogP) is 3.68. The fourth-order valence-corrected chi connectivity index (χ4v) is 1.69. The van der Waals surface area contributed by atoms with Crippen molar-refractivity contribution < 1.29 is 23.8 Å². The Balaban J connectivity index is 3.03. The van der Waals surface area contributed by atoms with Crippen molar-refractivity contribution in [3.8, 4) is 11.5 Å². The van der Waals surface area contributed by atoms with Crippen LogP contribution in [0.5, 0.6) is 11.5 Å². The van der Waals surface area contributed by atoms with Crippen LogP contribution in [0.4, 0.5) is 0 Å². The summed E-state index contributed by atoms with van der Waals surface area (Å²) in [5.41, 5.74) is 0.690. The molecule has 1 aromatic carbocycles. The third kappa shape index (κ3) is 5.13. The number of benzene rings is 1. The number of methoxy groups -OCH3 is 1. The molecule has 5 heteroatoms. The van der Waals surface area contributed by atoms with Crippen LogP contribution < -0.4 is 9.47 Å². The van der Waals surface area contributed by atoms with Gasteiger partial charge in [-0.15, -0.1) is 0 Å². The van der Waals surface area contributed by atoms with E-state index in [1.807, 2.05) is 0 Å². The lowest BCUT2D eigenvalue weighted by Crippen LogP contribution is -2.16. The third-order valence-electron chi connectivity index (χ3n) is 3.13. The van der Waals surface area contributed by atoms with Gasteiger partial charge in [-0.25, -0.2) is 0 Å². The molecule has 0 N–H and O–H groups in total. The molecule has 0 unspecified atom stereocenters. The van der Waals surface area contributed by atoms with E-state index in [1.54, 1.807) is 45.9 Å². The molecule has 0 amide bonds. The van der Waals surface area contributed by atoms with Gasteiger partial charge in [0, 0.05) is 5.56 Å². The first-order valence-electron chi connectivity index (χ1n) is 7.52. The first-order chi connectivity index (χ1) is 10.8. The maximum atomic E-state index is 11.8. The molecule has 0 saturated heterocycles. The van der Waals surface area contributed by atoms with Gasteiger partial charge in [0.1, 0.15) is 6.10 Å². The molecule has 0 fully saturated rings. The summed E-state index contributed by atoms with van der Waals surface area (Å²) in [6.45, 7) is 10.7. The van der Waals surface area contributed by atoms with Crippen molar-refractivity contribution in [2.75, 3.05) is 7.11 Å². The summed E-state index contributed by atoms with van der Waals surface area (Å²) in [7, 11) is 1.48. The molecule has 5 nitrogen and oxygen atoms in total. The number of rotatable bonds is 7. The molecule has 0 aromatic heterocycles. The molecule has 1 atom stereocenters. The Morgan fingerprint density at radius 1 is 1.04 bits per heavy atom. The summed E-state index contributed by atoms with van der Waals surface area (Å²) in [5.74, 6) is -0.415. The van der Waals surface area contributed by atoms with Crippen LogP contribution in [0.2, 0.25) is 0 Å². The standard InChI is InChI=1S/C18H24O5/c1-7-14(22-17(19)11(2)3)13-8-9-15(16(10-13)21-6)23-18(20)12(4)5/h7-12,14H,1H2,2-6H3/t14-/m1/s1. The summed E-state index contributed by atoms with van der Waals surface area (Å²) >= 11 is 0. The number of ether oxygens (including phenoxy) is 3.